The second-order valence-electron chi connectivity index (χ2n) is 3.80. The third kappa shape index (κ3) is 2.16. The number of hydrogen-bond donors (Lipinski definition) is 1. The molecule has 1 aromatic heterocycles. The number of nitrogens with one attached hydrogen (secondary N) is 1. The normalized spacial score (nSPS) is 10.8. The quantitative estimate of drug-likeness (QED) is 0.822. The van der Waals surface area contributed by atoms with Gasteiger partial charge in [0, 0.05) is 24.0 Å². The molecule has 0 amide bonds. The highest BCUT2D eigenvalue weighted by atomic mass is 14.8. The van der Waals surface area contributed by atoms with E-state index in [1.165, 1.54) is 16.6 Å². The van der Waals surface area contributed by atoms with Crippen LogP contribution < -0.4 is 5.32 Å². The molecule has 0 aliphatic carbocycles. The van der Waals surface area contributed by atoms with E-state index in [2.05, 4.69) is 41.5 Å². The summed E-state index contributed by atoms with van der Waals surface area (Å²) in [4.78, 5) is 4.67. The molecule has 78 valence electrons. The Hall–Kier alpha value is -1.41. The first-order chi connectivity index (χ1) is 7.31. The summed E-state index contributed by atoms with van der Waals surface area (Å²) in [6, 6.07) is 10.5. The van der Waals surface area contributed by atoms with Crippen LogP contribution in [0.2, 0.25) is 0 Å². The van der Waals surface area contributed by atoms with E-state index < -0.39 is 0 Å². The molecule has 0 radical (unpaired) electrons. The summed E-state index contributed by atoms with van der Waals surface area (Å²) in [5.74, 6) is 0. The topological polar surface area (TPSA) is 24.9 Å². The molecule has 0 aliphatic heterocycles. The van der Waals surface area contributed by atoms with Gasteiger partial charge in [-0.25, -0.2) is 0 Å². The Morgan fingerprint density at radius 3 is 2.87 bits per heavy atom. The third-order valence-corrected chi connectivity index (χ3v) is 2.63. The van der Waals surface area contributed by atoms with E-state index in [4.69, 9.17) is 0 Å². The highest BCUT2D eigenvalue weighted by molar-refractivity contribution is 5.79. The lowest BCUT2D eigenvalue weighted by atomic mass is 10.1. The number of nitrogens with zero attached hydrogens (tertiary/aromatic N) is 1. The number of likely N-dealkylation sites (N-methyl/N-ethyl adjacent to an activating group) is 1. The summed E-state index contributed by atoms with van der Waals surface area (Å²) in [5, 5.41) is 4.38. The Morgan fingerprint density at radius 2 is 2.07 bits per heavy atom. The Kier molecular flexibility index (Phi) is 2.97. The van der Waals surface area contributed by atoms with E-state index in [1.807, 2.05) is 13.1 Å². The van der Waals surface area contributed by atoms with E-state index in [0.29, 0.717) is 0 Å². The van der Waals surface area contributed by atoms with Gasteiger partial charge in [0.2, 0.25) is 0 Å². The van der Waals surface area contributed by atoms with Crippen LogP contribution in [0.3, 0.4) is 0 Å². The van der Waals surface area contributed by atoms with Gasteiger partial charge >= 0.3 is 0 Å². The summed E-state index contributed by atoms with van der Waals surface area (Å²) >= 11 is 0. The first-order valence-corrected chi connectivity index (χ1v) is 5.31. The molecule has 0 fully saturated rings. The molecule has 2 heteroatoms. The van der Waals surface area contributed by atoms with Crippen molar-refractivity contribution in [1.82, 2.24) is 10.3 Å². The third-order valence-electron chi connectivity index (χ3n) is 2.63. The molecule has 1 aromatic carbocycles. The van der Waals surface area contributed by atoms with E-state index in [9.17, 15) is 0 Å². The van der Waals surface area contributed by atoms with Gasteiger partial charge in [-0.2, -0.15) is 0 Å². The molecule has 0 spiro atoms. The standard InChI is InChI=1S/C13H16N2/c1-10-9-11-5-3-4-6-13(11)15-12(10)7-8-14-2/h3-6,9,14H,7-8H2,1-2H3. The monoisotopic (exact) mass is 200 g/mol. The largest absolute Gasteiger partial charge is 0.319 e. The predicted octanol–water partition coefficient (Wildman–Crippen LogP) is 2.31. The van der Waals surface area contributed by atoms with Crippen molar-refractivity contribution in [3.63, 3.8) is 0 Å². The van der Waals surface area contributed by atoms with Crippen LogP contribution in [0.15, 0.2) is 30.3 Å². The Bertz CT molecular complexity index is 463. The number of para-hydroxylation sites is 1. The van der Waals surface area contributed by atoms with Gasteiger partial charge in [0.05, 0.1) is 5.52 Å². The number of rotatable bonds is 3. The Labute approximate surface area is 90.3 Å². The van der Waals surface area contributed by atoms with Gasteiger partial charge in [-0.15, -0.1) is 0 Å². The number of pyridine rings is 1. The van der Waals surface area contributed by atoms with Crippen LogP contribution in [-0.2, 0) is 6.42 Å². The second-order valence-corrected chi connectivity index (χ2v) is 3.80. The Morgan fingerprint density at radius 1 is 1.27 bits per heavy atom. The second kappa shape index (κ2) is 4.41. The minimum absolute atomic E-state index is 0.978. The molecule has 1 heterocycles. The van der Waals surface area contributed by atoms with Gasteiger partial charge < -0.3 is 5.32 Å². The van der Waals surface area contributed by atoms with Gasteiger partial charge in [-0.1, -0.05) is 18.2 Å². The maximum Gasteiger partial charge on any atom is 0.0705 e. The predicted molar refractivity (Wildman–Crippen MR) is 64.1 cm³/mol. The number of hydrogen-bond acceptors (Lipinski definition) is 2. The lowest BCUT2D eigenvalue weighted by Crippen LogP contribution is -2.12. The van der Waals surface area contributed by atoms with Crippen molar-refractivity contribution in [1.29, 1.82) is 0 Å². The van der Waals surface area contributed by atoms with Crippen molar-refractivity contribution in [2.45, 2.75) is 13.3 Å². The summed E-state index contributed by atoms with van der Waals surface area (Å²) in [6.07, 6.45) is 0.993. The van der Waals surface area contributed by atoms with Crippen molar-refractivity contribution >= 4 is 10.9 Å². The minimum atomic E-state index is 0.978. The fourth-order valence-electron chi connectivity index (χ4n) is 1.76. The van der Waals surface area contributed by atoms with Crippen LogP contribution in [0, 0.1) is 6.92 Å². The van der Waals surface area contributed by atoms with Crippen molar-refractivity contribution < 1.29 is 0 Å². The summed E-state index contributed by atoms with van der Waals surface area (Å²) in [6.45, 7) is 3.11. The Balaban J connectivity index is 2.43. The van der Waals surface area contributed by atoms with Crippen LogP contribution in [0.5, 0.6) is 0 Å². The molecular weight excluding hydrogens is 184 g/mol. The fraction of sp³-hybridized carbons (Fsp3) is 0.308. The number of aromatic nitrogens is 1. The molecule has 0 saturated heterocycles. The zero-order valence-corrected chi connectivity index (χ0v) is 9.25. The van der Waals surface area contributed by atoms with E-state index in [1.54, 1.807) is 0 Å². The van der Waals surface area contributed by atoms with Gasteiger partial charge in [0.1, 0.15) is 0 Å². The summed E-state index contributed by atoms with van der Waals surface area (Å²) in [5.41, 5.74) is 3.57. The number of aryl methyl sites for hydroxylation is 1. The van der Waals surface area contributed by atoms with Gasteiger partial charge in [0.15, 0.2) is 0 Å². The van der Waals surface area contributed by atoms with Crippen LogP contribution in [-0.4, -0.2) is 18.6 Å². The van der Waals surface area contributed by atoms with Crippen LogP contribution in [0.4, 0.5) is 0 Å². The zero-order valence-electron chi connectivity index (χ0n) is 9.25. The van der Waals surface area contributed by atoms with Gasteiger partial charge in [-0.05, 0) is 31.7 Å². The van der Waals surface area contributed by atoms with Crippen molar-refractivity contribution in [2.75, 3.05) is 13.6 Å². The molecule has 2 rings (SSSR count). The molecule has 0 saturated carbocycles. The maximum absolute atomic E-state index is 4.67. The lowest BCUT2D eigenvalue weighted by Gasteiger charge is -2.06. The highest BCUT2D eigenvalue weighted by Crippen LogP contribution is 2.16. The molecule has 0 unspecified atom stereocenters. The summed E-state index contributed by atoms with van der Waals surface area (Å²) < 4.78 is 0. The zero-order chi connectivity index (χ0) is 10.7. The van der Waals surface area contributed by atoms with Gasteiger partial charge in [0.25, 0.3) is 0 Å². The van der Waals surface area contributed by atoms with E-state index in [0.717, 1.165) is 18.5 Å². The van der Waals surface area contributed by atoms with E-state index >= 15 is 0 Å². The summed E-state index contributed by atoms with van der Waals surface area (Å²) in [7, 11) is 1.97. The first kappa shape index (κ1) is 10.1. The first-order valence-electron chi connectivity index (χ1n) is 5.31. The van der Waals surface area contributed by atoms with Crippen LogP contribution >= 0.6 is 0 Å². The molecule has 1 N–H and O–H groups in total. The van der Waals surface area contributed by atoms with Crippen molar-refractivity contribution in [2.24, 2.45) is 0 Å². The van der Waals surface area contributed by atoms with Gasteiger partial charge in [-0.3, -0.25) is 4.98 Å². The molecule has 0 bridgehead atoms. The molecule has 15 heavy (non-hydrogen) atoms. The molecule has 2 aromatic rings. The molecule has 2 nitrogen and oxygen atoms in total. The van der Waals surface area contributed by atoms with E-state index in [-0.39, 0.29) is 0 Å². The SMILES string of the molecule is CNCCc1nc2ccccc2cc1C. The fourth-order valence-corrected chi connectivity index (χ4v) is 1.76. The number of benzene rings is 1. The van der Waals surface area contributed by atoms with Crippen molar-refractivity contribution in [3.05, 3.63) is 41.6 Å². The van der Waals surface area contributed by atoms with Crippen molar-refractivity contribution in [3.8, 4) is 0 Å². The lowest BCUT2D eigenvalue weighted by molar-refractivity contribution is 0.775. The minimum Gasteiger partial charge on any atom is -0.319 e. The average Bonchev–Trinajstić information content (AvgIpc) is 2.26. The smallest absolute Gasteiger partial charge is 0.0705 e. The maximum atomic E-state index is 4.67. The molecule has 0 aliphatic rings. The van der Waals surface area contributed by atoms with Crippen LogP contribution in [0.1, 0.15) is 11.3 Å². The molecular formula is C13H16N2. The average molecular weight is 200 g/mol. The highest BCUT2D eigenvalue weighted by Gasteiger charge is 2.02. The van der Waals surface area contributed by atoms with Crippen LogP contribution in [0.25, 0.3) is 10.9 Å². The molecule has 0 atom stereocenters. The number of fused-ring (bicyclic) bond motifs is 1.